The molecule has 2 rings (SSSR count). The van der Waals surface area contributed by atoms with Crippen LogP contribution in [0, 0.1) is 0 Å². The molecule has 0 spiro atoms. The van der Waals surface area contributed by atoms with Crippen LogP contribution in [0.1, 0.15) is 6.42 Å². The molecule has 0 aliphatic carbocycles. The molecular weight excluding hydrogens is 358 g/mol. The average Bonchev–Trinajstić information content (AvgIpc) is 2.63. The summed E-state index contributed by atoms with van der Waals surface area (Å²) in [4.78, 5) is 14.2. The molecule has 1 aromatic rings. The number of ether oxygens (including phenoxy) is 2. The van der Waals surface area contributed by atoms with Gasteiger partial charge in [0, 0.05) is 39.0 Å². The van der Waals surface area contributed by atoms with Crippen LogP contribution in [0.4, 0.5) is 5.69 Å². The molecule has 1 saturated heterocycles. The Morgan fingerprint density at radius 2 is 1.92 bits per heavy atom. The highest BCUT2D eigenvalue weighted by Crippen LogP contribution is 2.19. The molecule has 0 saturated carbocycles. The molecule has 9 heteroatoms. The molecule has 146 valence electrons. The molecule has 1 aliphatic heterocycles. The lowest BCUT2D eigenvalue weighted by Crippen LogP contribution is -2.40. The number of methoxy groups -OCH3 is 1. The number of hydrogen-bond donors (Lipinski definition) is 1. The molecule has 0 aromatic heterocycles. The fraction of sp³-hybridized carbons (Fsp3) is 0.588. The van der Waals surface area contributed by atoms with Gasteiger partial charge in [0.25, 0.3) is 0 Å². The van der Waals surface area contributed by atoms with Crippen molar-refractivity contribution >= 4 is 21.6 Å². The Balaban J connectivity index is 1.89. The maximum absolute atomic E-state index is 12.6. The largest absolute Gasteiger partial charge is 0.385 e. The van der Waals surface area contributed by atoms with Gasteiger partial charge in [-0.05, 0) is 37.7 Å². The first kappa shape index (κ1) is 20.8. The van der Waals surface area contributed by atoms with Gasteiger partial charge in [-0.25, -0.2) is 8.42 Å². The first-order chi connectivity index (χ1) is 12.4. The molecule has 0 bridgehead atoms. The van der Waals surface area contributed by atoms with Crippen LogP contribution < -0.4 is 5.32 Å². The van der Waals surface area contributed by atoms with Crippen molar-refractivity contribution in [2.24, 2.45) is 0 Å². The standard InChI is InChI=1S/C17H27N3O5S/c1-19(8-3-11-24-2)14-17(21)18-15-4-6-16(7-5-15)26(22,23)20-9-12-25-13-10-20/h4-7H,3,8-14H2,1-2H3,(H,18,21). The smallest absolute Gasteiger partial charge is 0.243 e. The van der Waals surface area contributed by atoms with Gasteiger partial charge in [0.1, 0.15) is 0 Å². The Kier molecular flexibility index (Phi) is 7.98. The zero-order valence-electron chi connectivity index (χ0n) is 15.3. The van der Waals surface area contributed by atoms with Gasteiger partial charge < -0.3 is 14.8 Å². The van der Waals surface area contributed by atoms with E-state index in [1.807, 2.05) is 11.9 Å². The monoisotopic (exact) mass is 385 g/mol. The number of carbonyl (C=O) groups excluding carboxylic acids is 1. The molecule has 26 heavy (non-hydrogen) atoms. The van der Waals surface area contributed by atoms with Crippen molar-refractivity contribution in [1.82, 2.24) is 9.21 Å². The minimum absolute atomic E-state index is 0.145. The van der Waals surface area contributed by atoms with Gasteiger partial charge in [-0.15, -0.1) is 0 Å². The predicted octanol–water partition coefficient (Wildman–Crippen LogP) is 0.614. The molecule has 0 atom stereocenters. The Morgan fingerprint density at radius 1 is 1.27 bits per heavy atom. The highest BCUT2D eigenvalue weighted by atomic mass is 32.2. The molecule has 8 nitrogen and oxygen atoms in total. The molecule has 0 radical (unpaired) electrons. The topological polar surface area (TPSA) is 88.2 Å². The van der Waals surface area contributed by atoms with E-state index < -0.39 is 10.0 Å². The van der Waals surface area contributed by atoms with Crippen molar-refractivity contribution in [2.75, 3.05) is 65.5 Å². The summed E-state index contributed by atoms with van der Waals surface area (Å²) >= 11 is 0. The Morgan fingerprint density at radius 3 is 2.54 bits per heavy atom. The van der Waals surface area contributed by atoms with E-state index in [0.717, 1.165) is 13.0 Å². The van der Waals surface area contributed by atoms with Crippen molar-refractivity contribution in [3.63, 3.8) is 0 Å². The van der Waals surface area contributed by atoms with Crippen molar-refractivity contribution in [2.45, 2.75) is 11.3 Å². The van der Waals surface area contributed by atoms with Crippen LogP contribution in [0.15, 0.2) is 29.2 Å². The van der Waals surface area contributed by atoms with Crippen molar-refractivity contribution < 1.29 is 22.7 Å². The van der Waals surface area contributed by atoms with Crippen LogP contribution in [0.2, 0.25) is 0 Å². The van der Waals surface area contributed by atoms with Crippen LogP contribution in [0.5, 0.6) is 0 Å². The number of morpholine rings is 1. The zero-order valence-corrected chi connectivity index (χ0v) is 16.1. The third kappa shape index (κ3) is 6.03. The van der Waals surface area contributed by atoms with Gasteiger partial charge in [0.05, 0.1) is 24.7 Å². The summed E-state index contributed by atoms with van der Waals surface area (Å²) < 4.78 is 36.7. The van der Waals surface area contributed by atoms with Crippen molar-refractivity contribution in [1.29, 1.82) is 0 Å². The Labute approximate surface area is 155 Å². The van der Waals surface area contributed by atoms with E-state index in [9.17, 15) is 13.2 Å². The number of anilines is 1. The molecule has 1 N–H and O–H groups in total. The third-order valence-electron chi connectivity index (χ3n) is 4.05. The SMILES string of the molecule is COCCCN(C)CC(=O)Nc1ccc(S(=O)(=O)N2CCOCC2)cc1. The number of amides is 1. The van der Waals surface area contributed by atoms with Gasteiger partial charge in [-0.1, -0.05) is 0 Å². The number of likely N-dealkylation sites (N-methyl/N-ethyl adjacent to an activating group) is 1. The summed E-state index contributed by atoms with van der Waals surface area (Å²) in [6.45, 7) is 3.21. The normalized spacial score (nSPS) is 16.0. The zero-order chi connectivity index (χ0) is 19.0. The van der Waals surface area contributed by atoms with E-state index in [1.165, 1.54) is 16.4 Å². The number of benzene rings is 1. The maximum atomic E-state index is 12.6. The van der Waals surface area contributed by atoms with Crippen LogP contribution in [-0.4, -0.2) is 83.7 Å². The lowest BCUT2D eigenvalue weighted by atomic mass is 10.3. The number of rotatable bonds is 9. The van der Waals surface area contributed by atoms with Crippen molar-refractivity contribution in [3.05, 3.63) is 24.3 Å². The van der Waals surface area contributed by atoms with Crippen molar-refractivity contribution in [3.8, 4) is 0 Å². The van der Waals surface area contributed by atoms with Gasteiger partial charge >= 0.3 is 0 Å². The number of hydrogen-bond acceptors (Lipinski definition) is 6. The van der Waals surface area contributed by atoms with Crippen LogP contribution in [0.3, 0.4) is 0 Å². The number of carbonyl (C=O) groups is 1. The summed E-state index contributed by atoms with van der Waals surface area (Å²) in [5.74, 6) is -0.145. The quantitative estimate of drug-likeness (QED) is 0.627. The molecule has 1 aliphatic rings. The fourth-order valence-corrected chi connectivity index (χ4v) is 4.06. The first-order valence-corrected chi connectivity index (χ1v) is 10.0. The van der Waals surface area contributed by atoms with Crippen LogP contribution >= 0.6 is 0 Å². The van der Waals surface area contributed by atoms with E-state index in [0.29, 0.717) is 38.6 Å². The second kappa shape index (κ2) is 9.98. The summed E-state index contributed by atoms with van der Waals surface area (Å²) in [7, 11) is -0.00181. The molecular formula is C17H27N3O5S. The van der Waals surface area contributed by atoms with Gasteiger partial charge in [0.15, 0.2) is 0 Å². The number of nitrogens with one attached hydrogen (secondary N) is 1. The van der Waals surface area contributed by atoms with Gasteiger partial charge in [0.2, 0.25) is 15.9 Å². The average molecular weight is 385 g/mol. The first-order valence-electron chi connectivity index (χ1n) is 8.59. The lowest BCUT2D eigenvalue weighted by molar-refractivity contribution is -0.117. The fourth-order valence-electron chi connectivity index (χ4n) is 2.65. The molecule has 1 fully saturated rings. The Hall–Kier alpha value is -1.52. The summed E-state index contributed by atoms with van der Waals surface area (Å²) in [6.07, 6.45) is 0.856. The summed E-state index contributed by atoms with van der Waals surface area (Å²) in [5, 5.41) is 2.78. The molecule has 1 amide bonds. The minimum Gasteiger partial charge on any atom is -0.385 e. The summed E-state index contributed by atoms with van der Waals surface area (Å²) in [5.41, 5.74) is 0.571. The highest BCUT2D eigenvalue weighted by Gasteiger charge is 2.26. The number of sulfonamides is 1. The second-order valence-electron chi connectivity index (χ2n) is 6.17. The lowest BCUT2D eigenvalue weighted by Gasteiger charge is -2.26. The van der Waals surface area contributed by atoms with Gasteiger partial charge in [-0.3, -0.25) is 9.69 Å². The summed E-state index contributed by atoms with van der Waals surface area (Å²) in [6, 6.07) is 6.25. The van der Waals surface area contributed by atoms with Crippen LogP contribution in [0.25, 0.3) is 0 Å². The van der Waals surface area contributed by atoms with Crippen LogP contribution in [-0.2, 0) is 24.3 Å². The molecule has 1 heterocycles. The highest BCUT2D eigenvalue weighted by molar-refractivity contribution is 7.89. The van der Waals surface area contributed by atoms with E-state index >= 15 is 0 Å². The Bertz CT molecular complexity index is 672. The van der Waals surface area contributed by atoms with E-state index in [1.54, 1.807) is 19.2 Å². The van der Waals surface area contributed by atoms with Gasteiger partial charge in [-0.2, -0.15) is 4.31 Å². The number of nitrogens with zero attached hydrogens (tertiary/aromatic N) is 2. The predicted molar refractivity (Wildman–Crippen MR) is 98.6 cm³/mol. The van der Waals surface area contributed by atoms with E-state index in [2.05, 4.69) is 5.32 Å². The molecule has 0 unspecified atom stereocenters. The van der Waals surface area contributed by atoms with E-state index in [-0.39, 0.29) is 17.3 Å². The second-order valence-corrected chi connectivity index (χ2v) is 8.11. The van der Waals surface area contributed by atoms with E-state index in [4.69, 9.17) is 9.47 Å². The maximum Gasteiger partial charge on any atom is 0.243 e. The third-order valence-corrected chi connectivity index (χ3v) is 5.96. The minimum atomic E-state index is -3.52. The molecule has 1 aromatic carbocycles.